The number of aryl methyl sites for hydroxylation is 1. The van der Waals surface area contributed by atoms with Crippen LogP contribution in [0.4, 0.5) is 9.59 Å². The number of rotatable bonds is 9. The van der Waals surface area contributed by atoms with Gasteiger partial charge in [-0.05, 0) is 50.7 Å². The molecule has 1 aromatic rings. The minimum atomic E-state index is -1.52. The first-order chi connectivity index (χ1) is 19.9. The molecule has 0 spiro atoms. The van der Waals surface area contributed by atoms with E-state index in [4.69, 9.17) is 9.47 Å². The van der Waals surface area contributed by atoms with Crippen molar-refractivity contribution in [3.8, 4) is 0 Å². The quantitative estimate of drug-likeness (QED) is 0.314. The van der Waals surface area contributed by atoms with Crippen LogP contribution in [0.5, 0.6) is 0 Å². The first-order valence-corrected chi connectivity index (χ1v) is 14.3. The highest BCUT2D eigenvalue weighted by Gasteiger charge is 2.61. The van der Waals surface area contributed by atoms with E-state index >= 15 is 0 Å². The van der Waals surface area contributed by atoms with Crippen molar-refractivity contribution < 1.29 is 38.6 Å². The number of carbonyl (C=O) groups excluding carboxylic acids is 4. The molecule has 1 saturated heterocycles. The summed E-state index contributed by atoms with van der Waals surface area (Å²) < 4.78 is 11.0. The molecule has 0 bridgehead atoms. The summed E-state index contributed by atoms with van der Waals surface area (Å²) in [4.78, 5) is 66.3. The number of benzene rings is 1. The van der Waals surface area contributed by atoms with Gasteiger partial charge in [-0.2, -0.15) is 0 Å². The number of nitrogens with zero attached hydrogens (tertiary/aromatic N) is 1. The Kier molecular flexibility index (Phi) is 9.83. The molecule has 12 nitrogen and oxygen atoms in total. The SMILES string of the molecule is C=CC1CC1(NC(=O)[C@@H]1C[C@@H](OC(=O)NCc2ccccc2C)CN1C(=O)[C@@H](NC(=O)OC(C)(C)C)C(C)(C)C)C(=O)O. The Bertz CT molecular complexity index is 1270. The van der Waals surface area contributed by atoms with Crippen LogP contribution in [0.1, 0.15) is 65.5 Å². The zero-order chi connectivity index (χ0) is 32.3. The fourth-order valence-electron chi connectivity index (χ4n) is 5.10. The van der Waals surface area contributed by atoms with Crippen LogP contribution < -0.4 is 16.0 Å². The highest BCUT2D eigenvalue weighted by atomic mass is 16.6. The van der Waals surface area contributed by atoms with Gasteiger partial charge < -0.3 is 35.4 Å². The van der Waals surface area contributed by atoms with E-state index in [0.717, 1.165) is 11.1 Å². The maximum absolute atomic E-state index is 14.0. The first kappa shape index (κ1) is 33.4. The van der Waals surface area contributed by atoms with Gasteiger partial charge in [-0.1, -0.05) is 51.1 Å². The third kappa shape index (κ3) is 8.26. The van der Waals surface area contributed by atoms with Crippen LogP contribution in [0.25, 0.3) is 0 Å². The first-order valence-electron chi connectivity index (χ1n) is 14.3. The molecule has 43 heavy (non-hydrogen) atoms. The number of likely N-dealkylation sites (tertiary alicyclic amines) is 1. The zero-order valence-electron chi connectivity index (χ0n) is 26.0. The highest BCUT2D eigenvalue weighted by Crippen LogP contribution is 2.45. The van der Waals surface area contributed by atoms with Crippen molar-refractivity contribution in [3.05, 3.63) is 48.0 Å². The van der Waals surface area contributed by atoms with E-state index in [1.165, 1.54) is 11.0 Å². The number of carboxylic acid groups (broad SMARTS) is 1. The van der Waals surface area contributed by atoms with Gasteiger partial charge in [0, 0.05) is 18.9 Å². The molecule has 2 unspecified atom stereocenters. The number of carboxylic acids is 1. The second-order valence-corrected chi connectivity index (χ2v) is 13.3. The molecule has 5 atom stereocenters. The number of aliphatic carboxylic acids is 1. The molecule has 0 aromatic heterocycles. The van der Waals surface area contributed by atoms with Crippen LogP contribution in [0.15, 0.2) is 36.9 Å². The van der Waals surface area contributed by atoms with Crippen LogP contribution in [0.2, 0.25) is 0 Å². The number of nitrogens with one attached hydrogen (secondary N) is 3. The van der Waals surface area contributed by atoms with Crippen LogP contribution in [0, 0.1) is 18.3 Å². The molecule has 4 N–H and O–H groups in total. The van der Waals surface area contributed by atoms with Gasteiger partial charge in [0.1, 0.15) is 29.3 Å². The van der Waals surface area contributed by atoms with E-state index in [2.05, 4.69) is 22.5 Å². The molecule has 2 aliphatic rings. The largest absolute Gasteiger partial charge is 0.479 e. The predicted octanol–water partition coefficient (Wildman–Crippen LogP) is 3.28. The molecule has 0 radical (unpaired) electrons. The normalized spacial score (nSPS) is 23.9. The minimum Gasteiger partial charge on any atom is -0.479 e. The van der Waals surface area contributed by atoms with Gasteiger partial charge in [0.25, 0.3) is 0 Å². The molecule has 1 heterocycles. The maximum Gasteiger partial charge on any atom is 0.408 e. The Hall–Kier alpha value is -4.09. The van der Waals surface area contributed by atoms with Gasteiger partial charge >= 0.3 is 18.2 Å². The summed E-state index contributed by atoms with van der Waals surface area (Å²) >= 11 is 0. The summed E-state index contributed by atoms with van der Waals surface area (Å²) in [7, 11) is 0. The second kappa shape index (κ2) is 12.6. The van der Waals surface area contributed by atoms with Crippen molar-refractivity contribution in [1.29, 1.82) is 0 Å². The predicted molar refractivity (Wildman–Crippen MR) is 158 cm³/mol. The molecule has 3 rings (SSSR count). The minimum absolute atomic E-state index is 0.0624. The molecule has 12 heteroatoms. The Morgan fingerprint density at radius 2 is 1.77 bits per heavy atom. The Balaban J connectivity index is 1.82. The second-order valence-electron chi connectivity index (χ2n) is 13.3. The van der Waals surface area contributed by atoms with E-state index in [-0.39, 0.29) is 25.9 Å². The molecule has 1 aliphatic carbocycles. The van der Waals surface area contributed by atoms with E-state index in [0.29, 0.717) is 0 Å². The molecule has 2 fully saturated rings. The fourth-order valence-corrected chi connectivity index (χ4v) is 5.10. The summed E-state index contributed by atoms with van der Waals surface area (Å²) in [5, 5.41) is 17.8. The number of amides is 4. The molecular weight excluding hydrogens is 556 g/mol. The lowest BCUT2D eigenvalue weighted by molar-refractivity contribution is -0.146. The van der Waals surface area contributed by atoms with Crippen molar-refractivity contribution in [2.45, 2.75) is 97.2 Å². The monoisotopic (exact) mass is 600 g/mol. The molecule has 4 amide bonds. The van der Waals surface area contributed by atoms with Crippen molar-refractivity contribution in [2.24, 2.45) is 11.3 Å². The smallest absolute Gasteiger partial charge is 0.408 e. The number of ether oxygens (including phenoxy) is 2. The zero-order valence-corrected chi connectivity index (χ0v) is 26.0. The Labute approximate surface area is 252 Å². The third-order valence-electron chi connectivity index (χ3n) is 7.61. The highest BCUT2D eigenvalue weighted by molar-refractivity contribution is 5.96. The summed E-state index contributed by atoms with van der Waals surface area (Å²) in [6, 6.07) is 5.28. The van der Waals surface area contributed by atoms with Crippen LogP contribution >= 0.6 is 0 Å². The summed E-state index contributed by atoms with van der Waals surface area (Å²) in [5.41, 5.74) is -1.23. The number of carbonyl (C=O) groups is 5. The topological polar surface area (TPSA) is 163 Å². The van der Waals surface area contributed by atoms with Gasteiger partial charge in [0.15, 0.2) is 0 Å². The number of hydrogen-bond donors (Lipinski definition) is 4. The standard InChI is InChI=1S/C31H44N4O8/c1-9-20-15-31(20,26(38)39)34-24(36)22-14-21(42-27(40)32-16-19-13-11-10-12-18(19)2)17-35(22)25(37)23(29(3,4)5)33-28(41)43-30(6,7)8/h9-13,20-23H,1,14-17H2,2-8H3,(H,32,40)(H,33,41)(H,34,36)(H,38,39)/t20?,21-,22+,23-,31?/m1/s1. The van der Waals surface area contributed by atoms with E-state index in [1.54, 1.807) is 41.5 Å². The van der Waals surface area contributed by atoms with Gasteiger partial charge in [0.2, 0.25) is 11.8 Å². The lowest BCUT2D eigenvalue weighted by Crippen LogP contribution is -2.59. The Morgan fingerprint density at radius 3 is 2.30 bits per heavy atom. The average Bonchev–Trinajstić information content (AvgIpc) is 3.45. The van der Waals surface area contributed by atoms with Crippen molar-refractivity contribution in [1.82, 2.24) is 20.9 Å². The van der Waals surface area contributed by atoms with Gasteiger partial charge in [0.05, 0.1) is 6.54 Å². The fraction of sp³-hybridized carbons (Fsp3) is 0.581. The lowest BCUT2D eigenvalue weighted by Gasteiger charge is -2.35. The lowest BCUT2D eigenvalue weighted by atomic mass is 9.85. The number of alkyl carbamates (subject to hydrolysis) is 2. The van der Waals surface area contributed by atoms with Crippen LogP contribution in [-0.4, -0.2) is 75.8 Å². The van der Waals surface area contributed by atoms with Crippen molar-refractivity contribution in [2.75, 3.05) is 6.54 Å². The summed E-state index contributed by atoms with van der Waals surface area (Å²) in [6.07, 6.45) is -0.819. The molecular formula is C31H44N4O8. The van der Waals surface area contributed by atoms with Crippen molar-refractivity contribution in [3.63, 3.8) is 0 Å². The van der Waals surface area contributed by atoms with Gasteiger partial charge in [-0.15, -0.1) is 6.58 Å². The van der Waals surface area contributed by atoms with Gasteiger partial charge in [-0.3, -0.25) is 9.59 Å². The van der Waals surface area contributed by atoms with E-state index in [9.17, 15) is 29.1 Å². The molecule has 1 aliphatic heterocycles. The van der Waals surface area contributed by atoms with E-state index in [1.807, 2.05) is 31.2 Å². The molecule has 1 aromatic carbocycles. The third-order valence-corrected chi connectivity index (χ3v) is 7.61. The van der Waals surface area contributed by atoms with Crippen LogP contribution in [0.3, 0.4) is 0 Å². The van der Waals surface area contributed by atoms with Crippen molar-refractivity contribution >= 4 is 30.0 Å². The number of hydrogen-bond acceptors (Lipinski definition) is 7. The van der Waals surface area contributed by atoms with Gasteiger partial charge in [-0.25, -0.2) is 14.4 Å². The molecule has 1 saturated carbocycles. The summed E-state index contributed by atoms with van der Waals surface area (Å²) in [6.45, 7) is 16.0. The van der Waals surface area contributed by atoms with Crippen LogP contribution in [-0.2, 0) is 30.4 Å². The Morgan fingerprint density at radius 1 is 1.12 bits per heavy atom. The van der Waals surface area contributed by atoms with E-state index < -0.39 is 70.6 Å². The average molecular weight is 601 g/mol. The molecule has 236 valence electrons. The summed E-state index contributed by atoms with van der Waals surface area (Å²) in [5.74, 6) is -2.96. The maximum atomic E-state index is 14.0.